The summed E-state index contributed by atoms with van der Waals surface area (Å²) in [6.07, 6.45) is 1.30. The standard InChI is InChI=1S/C21H24FN3O2/c1-13-16(22)8-7-15(19(13)26)20(27-14-9-11-25(2)12-10-14)21-23-17-5-3-4-6-18(17)24-21/h3-8,14,20,26H,9-12H2,1-2H3,(H,23,24). The van der Waals surface area contributed by atoms with Crippen molar-refractivity contribution < 1.29 is 14.2 Å². The summed E-state index contributed by atoms with van der Waals surface area (Å²) >= 11 is 0. The Morgan fingerprint density at radius 2 is 1.96 bits per heavy atom. The van der Waals surface area contributed by atoms with Crippen molar-refractivity contribution in [3.63, 3.8) is 0 Å². The molecule has 3 aromatic rings. The van der Waals surface area contributed by atoms with Gasteiger partial charge < -0.3 is 19.7 Å². The zero-order valence-electron chi connectivity index (χ0n) is 15.6. The number of ether oxygens (including phenoxy) is 1. The molecule has 1 aliphatic rings. The highest BCUT2D eigenvalue weighted by Crippen LogP contribution is 2.36. The van der Waals surface area contributed by atoms with E-state index in [1.807, 2.05) is 24.3 Å². The Morgan fingerprint density at radius 3 is 2.70 bits per heavy atom. The predicted molar refractivity (Wildman–Crippen MR) is 102 cm³/mol. The van der Waals surface area contributed by atoms with E-state index in [-0.39, 0.29) is 17.4 Å². The molecule has 0 aliphatic carbocycles. The van der Waals surface area contributed by atoms with Crippen molar-refractivity contribution in [1.82, 2.24) is 14.9 Å². The van der Waals surface area contributed by atoms with Gasteiger partial charge in [-0.1, -0.05) is 12.1 Å². The third-order valence-electron chi connectivity index (χ3n) is 5.33. The van der Waals surface area contributed by atoms with Gasteiger partial charge in [-0.3, -0.25) is 0 Å². The zero-order valence-corrected chi connectivity index (χ0v) is 15.6. The molecule has 1 saturated heterocycles. The van der Waals surface area contributed by atoms with Crippen molar-refractivity contribution in [2.24, 2.45) is 0 Å². The number of aromatic amines is 1. The molecule has 0 radical (unpaired) electrons. The summed E-state index contributed by atoms with van der Waals surface area (Å²) in [6.45, 7) is 3.50. The Morgan fingerprint density at radius 1 is 1.22 bits per heavy atom. The highest BCUT2D eigenvalue weighted by molar-refractivity contribution is 5.75. The van der Waals surface area contributed by atoms with Gasteiger partial charge in [-0.25, -0.2) is 9.37 Å². The largest absolute Gasteiger partial charge is 0.507 e. The van der Waals surface area contributed by atoms with Crippen LogP contribution in [0.15, 0.2) is 36.4 Å². The number of aromatic nitrogens is 2. The van der Waals surface area contributed by atoms with Gasteiger partial charge in [0.05, 0.1) is 17.1 Å². The van der Waals surface area contributed by atoms with Gasteiger partial charge in [-0.05, 0) is 51.1 Å². The molecule has 2 heterocycles. The predicted octanol–water partition coefficient (Wildman–Crippen LogP) is 3.92. The number of aromatic hydroxyl groups is 1. The number of para-hydroxylation sites is 2. The molecule has 1 fully saturated rings. The number of piperidine rings is 1. The number of phenolic OH excluding ortho intramolecular Hbond substituents is 1. The molecule has 6 heteroatoms. The lowest BCUT2D eigenvalue weighted by molar-refractivity contribution is -0.0272. The summed E-state index contributed by atoms with van der Waals surface area (Å²) in [5.74, 6) is 0.115. The first-order valence-electron chi connectivity index (χ1n) is 9.29. The fourth-order valence-electron chi connectivity index (χ4n) is 3.60. The van der Waals surface area contributed by atoms with Crippen molar-refractivity contribution in [2.75, 3.05) is 20.1 Å². The minimum atomic E-state index is -0.579. The van der Waals surface area contributed by atoms with Crippen molar-refractivity contribution in [1.29, 1.82) is 0 Å². The summed E-state index contributed by atoms with van der Waals surface area (Å²) in [4.78, 5) is 10.2. The Bertz CT molecular complexity index is 915. The molecule has 1 aromatic heterocycles. The first-order chi connectivity index (χ1) is 13.0. The first kappa shape index (κ1) is 17.9. The van der Waals surface area contributed by atoms with E-state index in [1.165, 1.54) is 6.07 Å². The maximum absolute atomic E-state index is 13.9. The van der Waals surface area contributed by atoms with Crippen molar-refractivity contribution in [2.45, 2.75) is 32.0 Å². The molecule has 1 atom stereocenters. The van der Waals surface area contributed by atoms with Gasteiger partial charge in [-0.15, -0.1) is 0 Å². The highest BCUT2D eigenvalue weighted by Gasteiger charge is 2.28. The number of nitrogens with one attached hydrogen (secondary N) is 1. The smallest absolute Gasteiger partial charge is 0.144 e. The molecule has 0 saturated carbocycles. The average molecular weight is 369 g/mol. The maximum Gasteiger partial charge on any atom is 0.144 e. The van der Waals surface area contributed by atoms with Gasteiger partial charge in [0, 0.05) is 24.2 Å². The van der Waals surface area contributed by atoms with Crippen LogP contribution in [0.5, 0.6) is 5.75 Å². The number of hydrogen-bond acceptors (Lipinski definition) is 4. The molecule has 1 unspecified atom stereocenters. The second-order valence-corrected chi connectivity index (χ2v) is 7.27. The van der Waals surface area contributed by atoms with Crippen LogP contribution in [0.2, 0.25) is 0 Å². The number of phenols is 1. The number of halogens is 1. The molecule has 0 bridgehead atoms. The molecular weight excluding hydrogens is 345 g/mol. The SMILES string of the molecule is Cc1c(F)ccc(C(OC2CCN(C)CC2)c2nc3ccccc3[nH]2)c1O. The van der Waals surface area contributed by atoms with Gasteiger partial charge in [0.2, 0.25) is 0 Å². The minimum Gasteiger partial charge on any atom is -0.507 e. The summed E-state index contributed by atoms with van der Waals surface area (Å²) in [6, 6.07) is 10.7. The highest BCUT2D eigenvalue weighted by atomic mass is 19.1. The van der Waals surface area contributed by atoms with Crippen LogP contribution in [-0.2, 0) is 4.74 Å². The lowest BCUT2D eigenvalue weighted by atomic mass is 10.0. The van der Waals surface area contributed by atoms with E-state index >= 15 is 0 Å². The number of nitrogens with zero attached hydrogens (tertiary/aromatic N) is 2. The van der Waals surface area contributed by atoms with E-state index in [0.29, 0.717) is 11.4 Å². The Hall–Kier alpha value is -2.44. The van der Waals surface area contributed by atoms with Crippen LogP contribution in [-0.4, -0.2) is 46.2 Å². The molecule has 0 spiro atoms. The Balaban J connectivity index is 1.74. The minimum absolute atomic E-state index is 0.0594. The van der Waals surface area contributed by atoms with Crippen LogP contribution >= 0.6 is 0 Å². The fraction of sp³-hybridized carbons (Fsp3) is 0.381. The average Bonchev–Trinajstić information content (AvgIpc) is 3.10. The molecular formula is C21H24FN3O2. The van der Waals surface area contributed by atoms with Crippen molar-refractivity contribution in [3.05, 3.63) is 59.2 Å². The maximum atomic E-state index is 13.9. The number of fused-ring (bicyclic) bond motifs is 1. The molecule has 5 nitrogen and oxygen atoms in total. The summed E-state index contributed by atoms with van der Waals surface area (Å²) in [7, 11) is 2.10. The number of likely N-dealkylation sites (tertiary alicyclic amines) is 1. The van der Waals surface area contributed by atoms with Gasteiger partial charge >= 0.3 is 0 Å². The first-order valence-corrected chi connectivity index (χ1v) is 9.29. The normalized spacial score (nSPS) is 17.4. The number of rotatable bonds is 4. The lowest BCUT2D eigenvalue weighted by Gasteiger charge is -2.31. The molecule has 2 N–H and O–H groups in total. The van der Waals surface area contributed by atoms with E-state index in [0.717, 1.165) is 37.0 Å². The van der Waals surface area contributed by atoms with Crippen LogP contribution < -0.4 is 0 Å². The van der Waals surface area contributed by atoms with Crippen LogP contribution in [0.4, 0.5) is 4.39 Å². The molecule has 4 rings (SSSR count). The van der Waals surface area contributed by atoms with Gasteiger partial charge in [0.15, 0.2) is 0 Å². The van der Waals surface area contributed by atoms with Crippen LogP contribution in [0.25, 0.3) is 11.0 Å². The molecule has 0 amide bonds. The topological polar surface area (TPSA) is 61.4 Å². The summed E-state index contributed by atoms with van der Waals surface area (Å²) in [5.41, 5.74) is 2.50. The van der Waals surface area contributed by atoms with Gasteiger partial charge in [-0.2, -0.15) is 0 Å². The van der Waals surface area contributed by atoms with Crippen molar-refractivity contribution >= 4 is 11.0 Å². The zero-order chi connectivity index (χ0) is 19.0. The van der Waals surface area contributed by atoms with E-state index < -0.39 is 11.9 Å². The second-order valence-electron chi connectivity index (χ2n) is 7.27. The van der Waals surface area contributed by atoms with E-state index in [9.17, 15) is 9.50 Å². The van der Waals surface area contributed by atoms with Crippen LogP contribution in [0.1, 0.15) is 35.9 Å². The van der Waals surface area contributed by atoms with E-state index in [2.05, 4.69) is 21.9 Å². The fourth-order valence-corrected chi connectivity index (χ4v) is 3.60. The second kappa shape index (κ2) is 7.29. The lowest BCUT2D eigenvalue weighted by Crippen LogP contribution is -2.35. The number of imidazole rings is 1. The number of H-pyrrole nitrogens is 1. The van der Waals surface area contributed by atoms with Crippen molar-refractivity contribution in [3.8, 4) is 5.75 Å². The van der Waals surface area contributed by atoms with E-state index in [4.69, 9.17) is 4.74 Å². The molecule has 27 heavy (non-hydrogen) atoms. The van der Waals surface area contributed by atoms with Crippen LogP contribution in [0.3, 0.4) is 0 Å². The number of benzene rings is 2. The third-order valence-corrected chi connectivity index (χ3v) is 5.33. The molecule has 1 aliphatic heterocycles. The summed E-state index contributed by atoms with van der Waals surface area (Å²) < 4.78 is 20.3. The molecule has 2 aromatic carbocycles. The van der Waals surface area contributed by atoms with Crippen LogP contribution in [0, 0.1) is 12.7 Å². The quantitative estimate of drug-likeness (QED) is 0.732. The Kier molecular flexibility index (Phi) is 4.85. The number of hydrogen-bond donors (Lipinski definition) is 2. The Labute approximate surface area is 157 Å². The monoisotopic (exact) mass is 369 g/mol. The van der Waals surface area contributed by atoms with E-state index in [1.54, 1.807) is 13.0 Å². The third kappa shape index (κ3) is 3.55. The molecule has 142 valence electrons. The van der Waals surface area contributed by atoms with Gasteiger partial charge in [0.25, 0.3) is 0 Å². The summed E-state index contributed by atoms with van der Waals surface area (Å²) in [5, 5.41) is 10.6. The van der Waals surface area contributed by atoms with Gasteiger partial charge in [0.1, 0.15) is 23.5 Å².